The number of aromatic amines is 1. The van der Waals surface area contributed by atoms with E-state index in [-0.39, 0.29) is 17.7 Å². The molecule has 1 aliphatic heterocycles. The maximum absolute atomic E-state index is 13.3. The standard InChI is InChI=1S/C28H33N3O3/c1-5-7-8-9-15-34-21-12-10-20(11-13-21)27-24-25(23-19(4)16-18(3)17-22(23)32)29-30-26(24)28(33)31(27)14-6-2/h6,10-13,16-17,27,32H,2,5,7-9,14-15H2,1,3-4H3,(H,29,30). The van der Waals surface area contributed by atoms with Gasteiger partial charge in [-0.05, 0) is 55.2 Å². The van der Waals surface area contributed by atoms with Gasteiger partial charge in [0, 0.05) is 17.7 Å². The molecule has 1 atom stereocenters. The molecule has 34 heavy (non-hydrogen) atoms. The lowest BCUT2D eigenvalue weighted by molar-refractivity contribution is 0.0764. The van der Waals surface area contributed by atoms with Crippen LogP contribution in [-0.2, 0) is 0 Å². The molecule has 6 nitrogen and oxygen atoms in total. The number of benzene rings is 2. The third-order valence-corrected chi connectivity index (χ3v) is 6.35. The first-order valence-electron chi connectivity index (χ1n) is 12.0. The second-order valence-electron chi connectivity index (χ2n) is 8.96. The Morgan fingerprint density at radius 1 is 1.18 bits per heavy atom. The van der Waals surface area contributed by atoms with Crippen molar-refractivity contribution in [3.63, 3.8) is 0 Å². The molecule has 6 heteroatoms. The minimum absolute atomic E-state index is 0.126. The number of amides is 1. The van der Waals surface area contributed by atoms with Crippen molar-refractivity contribution in [3.8, 4) is 22.8 Å². The summed E-state index contributed by atoms with van der Waals surface area (Å²) in [6, 6.07) is 11.3. The van der Waals surface area contributed by atoms with Gasteiger partial charge in [0.15, 0.2) is 0 Å². The molecule has 0 bridgehead atoms. The molecule has 0 radical (unpaired) electrons. The number of rotatable bonds is 10. The van der Waals surface area contributed by atoms with E-state index in [2.05, 4.69) is 23.7 Å². The number of hydrogen-bond donors (Lipinski definition) is 2. The summed E-state index contributed by atoms with van der Waals surface area (Å²) in [5.41, 5.74) is 5.32. The molecule has 0 saturated heterocycles. The molecule has 2 N–H and O–H groups in total. The summed E-state index contributed by atoms with van der Waals surface area (Å²) in [5, 5.41) is 18.2. The average Bonchev–Trinajstić information content (AvgIpc) is 3.33. The molecule has 3 aromatic rings. The number of phenolic OH excluding ortho intramolecular Hbond substituents is 1. The smallest absolute Gasteiger partial charge is 0.273 e. The fourth-order valence-electron chi connectivity index (χ4n) is 4.78. The summed E-state index contributed by atoms with van der Waals surface area (Å²) < 4.78 is 5.91. The van der Waals surface area contributed by atoms with Crippen molar-refractivity contribution in [2.24, 2.45) is 0 Å². The topological polar surface area (TPSA) is 78.5 Å². The molecule has 0 spiro atoms. The van der Waals surface area contributed by atoms with Crippen molar-refractivity contribution in [1.82, 2.24) is 15.1 Å². The van der Waals surface area contributed by atoms with Crippen molar-refractivity contribution in [3.05, 3.63) is 77.0 Å². The van der Waals surface area contributed by atoms with Crippen LogP contribution in [0, 0.1) is 13.8 Å². The molecule has 1 amide bonds. The summed E-state index contributed by atoms with van der Waals surface area (Å²) in [7, 11) is 0. The summed E-state index contributed by atoms with van der Waals surface area (Å²) in [6.45, 7) is 11.0. The highest BCUT2D eigenvalue weighted by Crippen LogP contribution is 2.45. The van der Waals surface area contributed by atoms with Crippen LogP contribution in [0.2, 0.25) is 0 Å². The lowest BCUT2D eigenvalue weighted by atomic mass is 9.93. The van der Waals surface area contributed by atoms with Crippen molar-refractivity contribution in [2.75, 3.05) is 13.2 Å². The minimum Gasteiger partial charge on any atom is -0.507 e. The van der Waals surface area contributed by atoms with Crippen molar-refractivity contribution in [2.45, 2.75) is 52.5 Å². The van der Waals surface area contributed by atoms with E-state index in [0.29, 0.717) is 30.1 Å². The van der Waals surface area contributed by atoms with E-state index in [1.807, 2.05) is 44.2 Å². The quantitative estimate of drug-likeness (QED) is 0.284. The second-order valence-corrected chi connectivity index (χ2v) is 8.96. The van der Waals surface area contributed by atoms with Gasteiger partial charge in [0.05, 0.1) is 12.6 Å². The lowest BCUT2D eigenvalue weighted by Crippen LogP contribution is -2.29. The van der Waals surface area contributed by atoms with Gasteiger partial charge in [0.2, 0.25) is 0 Å². The molecular formula is C28H33N3O3. The molecule has 0 saturated carbocycles. The van der Waals surface area contributed by atoms with Gasteiger partial charge >= 0.3 is 0 Å². The Bertz CT molecular complexity index is 1160. The van der Waals surface area contributed by atoms with Gasteiger partial charge in [-0.3, -0.25) is 9.89 Å². The number of aromatic hydroxyl groups is 1. The highest BCUT2D eigenvalue weighted by molar-refractivity contribution is 6.00. The predicted octanol–water partition coefficient (Wildman–Crippen LogP) is 6.09. The van der Waals surface area contributed by atoms with Crippen LogP contribution in [0.25, 0.3) is 11.3 Å². The first kappa shape index (κ1) is 23.6. The van der Waals surface area contributed by atoms with Crippen LogP contribution in [0.15, 0.2) is 49.1 Å². The van der Waals surface area contributed by atoms with E-state index in [1.54, 1.807) is 17.0 Å². The van der Waals surface area contributed by atoms with Gasteiger partial charge in [-0.1, -0.05) is 50.5 Å². The Balaban J connectivity index is 1.69. The predicted molar refractivity (Wildman–Crippen MR) is 134 cm³/mol. The van der Waals surface area contributed by atoms with Gasteiger partial charge < -0.3 is 14.7 Å². The highest BCUT2D eigenvalue weighted by Gasteiger charge is 2.42. The fraction of sp³-hybridized carbons (Fsp3) is 0.357. The number of nitrogens with zero attached hydrogens (tertiary/aromatic N) is 2. The fourth-order valence-corrected chi connectivity index (χ4v) is 4.78. The number of ether oxygens (including phenoxy) is 1. The molecule has 1 aliphatic rings. The largest absolute Gasteiger partial charge is 0.507 e. The summed E-state index contributed by atoms with van der Waals surface area (Å²) in [4.78, 5) is 15.0. The van der Waals surface area contributed by atoms with E-state index in [9.17, 15) is 9.90 Å². The van der Waals surface area contributed by atoms with Gasteiger partial charge in [0.25, 0.3) is 5.91 Å². The first-order chi connectivity index (χ1) is 16.5. The van der Waals surface area contributed by atoms with E-state index >= 15 is 0 Å². The number of carbonyl (C=O) groups excluding carboxylic acids is 1. The maximum atomic E-state index is 13.3. The van der Waals surface area contributed by atoms with Crippen LogP contribution < -0.4 is 4.74 Å². The molecule has 4 rings (SSSR count). The van der Waals surface area contributed by atoms with Crippen LogP contribution in [-0.4, -0.2) is 39.3 Å². The molecule has 178 valence electrons. The van der Waals surface area contributed by atoms with Crippen molar-refractivity contribution < 1.29 is 14.6 Å². The SMILES string of the molecule is C=CCN1C(=O)c2[nH]nc(-c3c(C)cc(C)cc3O)c2C1c1ccc(OCCCCCC)cc1. The third-order valence-electron chi connectivity index (χ3n) is 6.35. The van der Waals surface area contributed by atoms with Crippen LogP contribution in [0.3, 0.4) is 0 Å². The lowest BCUT2D eigenvalue weighted by Gasteiger charge is -2.25. The van der Waals surface area contributed by atoms with Crippen LogP contribution in [0.4, 0.5) is 0 Å². The number of unbranched alkanes of at least 4 members (excludes halogenated alkanes) is 3. The normalized spacial score (nSPS) is 15.0. The maximum Gasteiger partial charge on any atom is 0.273 e. The monoisotopic (exact) mass is 459 g/mol. The van der Waals surface area contributed by atoms with Gasteiger partial charge in [-0.15, -0.1) is 6.58 Å². The molecule has 0 aliphatic carbocycles. The molecule has 2 heterocycles. The number of H-pyrrole nitrogens is 1. The van der Waals surface area contributed by atoms with E-state index < -0.39 is 0 Å². The molecule has 1 aromatic heterocycles. The number of nitrogens with one attached hydrogen (secondary N) is 1. The number of aryl methyl sites for hydroxylation is 2. The van der Waals surface area contributed by atoms with Gasteiger partial charge in [-0.25, -0.2) is 0 Å². The van der Waals surface area contributed by atoms with Crippen molar-refractivity contribution >= 4 is 5.91 Å². The zero-order valence-electron chi connectivity index (χ0n) is 20.2. The Morgan fingerprint density at radius 3 is 2.62 bits per heavy atom. The third kappa shape index (κ3) is 4.45. The number of hydrogen-bond acceptors (Lipinski definition) is 4. The van der Waals surface area contributed by atoms with Crippen LogP contribution in [0.1, 0.15) is 71.4 Å². The summed E-state index contributed by atoms with van der Waals surface area (Å²) in [5.74, 6) is 0.852. The van der Waals surface area contributed by atoms with E-state index in [0.717, 1.165) is 34.4 Å². The van der Waals surface area contributed by atoms with Crippen molar-refractivity contribution in [1.29, 1.82) is 0 Å². The Kier molecular flexibility index (Phi) is 7.06. The number of carbonyl (C=O) groups is 1. The number of aromatic nitrogens is 2. The second kappa shape index (κ2) is 10.2. The molecule has 1 unspecified atom stereocenters. The summed E-state index contributed by atoms with van der Waals surface area (Å²) >= 11 is 0. The summed E-state index contributed by atoms with van der Waals surface area (Å²) in [6.07, 6.45) is 6.37. The minimum atomic E-state index is -0.340. The molecular weight excluding hydrogens is 426 g/mol. The number of phenols is 1. The Labute approximate surface area is 201 Å². The van der Waals surface area contributed by atoms with Crippen LogP contribution >= 0.6 is 0 Å². The average molecular weight is 460 g/mol. The Hall–Kier alpha value is -3.54. The molecule has 0 fully saturated rings. The van der Waals surface area contributed by atoms with E-state index in [4.69, 9.17) is 4.74 Å². The Morgan fingerprint density at radius 2 is 1.94 bits per heavy atom. The number of fused-ring (bicyclic) bond motifs is 1. The van der Waals surface area contributed by atoms with Crippen LogP contribution in [0.5, 0.6) is 11.5 Å². The highest BCUT2D eigenvalue weighted by atomic mass is 16.5. The van der Waals surface area contributed by atoms with Gasteiger partial charge in [0.1, 0.15) is 22.9 Å². The molecule has 2 aromatic carbocycles. The van der Waals surface area contributed by atoms with Gasteiger partial charge in [-0.2, -0.15) is 5.10 Å². The first-order valence-corrected chi connectivity index (χ1v) is 12.0. The van der Waals surface area contributed by atoms with E-state index in [1.165, 1.54) is 19.3 Å². The zero-order chi connectivity index (χ0) is 24.2. The zero-order valence-corrected chi connectivity index (χ0v) is 20.2.